The van der Waals surface area contributed by atoms with Crippen molar-refractivity contribution in [3.63, 3.8) is 0 Å². The maximum Gasteiger partial charge on any atom is 0.212 e. The molecule has 2 aliphatic carbocycles. The molecule has 2 aliphatic rings. The van der Waals surface area contributed by atoms with Gasteiger partial charge in [0, 0.05) is 6.42 Å². The van der Waals surface area contributed by atoms with E-state index in [-0.39, 0.29) is 5.75 Å². The topological polar surface area (TPSA) is 66.4 Å². The summed E-state index contributed by atoms with van der Waals surface area (Å²) in [4.78, 5) is 0. The third kappa shape index (κ3) is 2.43. The number of benzene rings is 1. The average molecular weight is 267 g/mol. The largest absolute Gasteiger partial charge is 0.391 e. The summed E-state index contributed by atoms with van der Waals surface area (Å²) < 4.78 is 26.6. The SMILES string of the molecule is O=S(=O)(CC1CC1)N[C@@H]1c2ccccc2C[C@@H]1O. The second-order valence-corrected chi connectivity index (χ2v) is 7.09. The summed E-state index contributed by atoms with van der Waals surface area (Å²) >= 11 is 0. The van der Waals surface area contributed by atoms with Crippen molar-refractivity contribution in [1.82, 2.24) is 4.72 Å². The number of aliphatic hydroxyl groups excluding tert-OH is 1. The van der Waals surface area contributed by atoms with Gasteiger partial charge < -0.3 is 5.11 Å². The Morgan fingerprint density at radius 3 is 2.72 bits per heavy atom. The van der Waals surface area contributed by atoms with Crippen molar-refractivity contribution in [2.24, 2.45) is 5.92 Å². The van der Waals surface area contributed by atoms with E-state index >= 15 is 0 Å². The van der Waals surface area contributed by atoms with Crippen molar-refractivity contribution in [2.75, 3.05) is 5.75 Å². The van der Waals surface area contributed by atoms with Gasteiger partial charge in [0.1, 0.15) is 0 Å². The fourth-order valence-electron chi connectivity index (χ4n) is 2.55. The molecule has 0 unspecified atom stereocenters. The van der Waals surface area contributed by atoms with Crippen LogP contribution in [-0.2, 0) is 16.4 Å². The highest BCUT2D eigenvalue weighted by molar-refractivity contribution is 7.89. The lowest BCUT2D eigenvalue weighted by Crippen LogP contribution is -2.35. The van der Waals surface area contributed by atoms with Crippen molar-refractivity contribution in [3.8, 4) is 0 Å². The van der Waals surface area contributed by atoms with Crippen LogP contribution in [0.15, 0.2) is 24.3 Å². The molecule has 0 aromatic heterocycles. The number of hydrogen-bond acceptors (Lipinski definition) is 3. The van der Waals surface area contributed by atoms with Crippen molar-refractivity contribution in [3.05, 3.63) is 35.4 Å². The molecule has 4 nitrogen and oxygen atoms in total. The van der Waals surface area contributed by atoms with Crippen molar-refractivity contribution >= 4 is 10.0 Å². The van der Waals surface area contributed by atoms with Crippen LogP contribution in [0, 0.1) is 5.92 Å². The van der Waals surface area contributed by atoms with Gasteiger partial charge in [-0.15, -0.1) is 0 Å². The maximum atomic E-state index is 12.0. The number of nitrogens with one attached hydrogen (secondary N) is 1. The van der Waals surface area contributed by atoms with E-state index in [0.29, 0.717) is 12.3 Å². The van der Waals surface area contributed by atoms with Crippen LogP contribution in [0.2, 0.25) is 0 Å². The summed E-state index contributed by atoms with van der Waals surface area (Å²) in [6.07, 6.45) is 1.87. The van der Waals surface area contributed by atoms with Gasteiger partial charge in [0.2, 0.25) is 10.0 Å². The summed E-state index contributed by atoms with van der Waals surface area (Å²) in [5.41, 5.74) is 1.94. The van der Waals surface area contributed by atoms with Gasteiger partial charge in [0.15, 0.2) is 0 Å². The Hall–Kier alpha value is -0.910. The van der Waals surface area contributed by atoms with Gasteiger partial charge in [-0.1, -0.05) is 24.3 Å². The third-order valence-electron chi connectivity index (χ3n) is 3.66. The molecule has 1 aromatic rings. The Labute approximate surface area is 107 Å². The van der Waals surface area contributed by atoms with Crippen molar-refractivity contribution < 1.29 is 13.5 Å². The lowest BCUT2D eigenvalue weighted by molar-refractivity contribution is 0.151. The first-order valence-electron chi connectivity index (χ1n) is 6.31. The summed E-state index contributed by atoms with van der Waals surface area (Å²) in [6, 6.07) is 7.12. The molecule has 18 heavy (non-hydrogen) atoms. The number of aliphatic hydroxyl groups is 1. The van der Waals surface area contributed by atoms with E-state index < -0.39 is 22.2 Å². The zero-order chi connectivity index (χ0) is 12.8. The highest BCUT2D eigenvalue weighted by Crippen LogP contribution is 2.34. The first-order chi connectivity index (χ1) is 8.55. The van der Waals surface area contributed by atoms with E-state index in [9.17, 15) is 13.5 Å². The molecule has 0 spiro atoms. The van der Waals surface area contributed by atoms with E-state index in [1.165, 1.54) is 0 Å². The summed E-state index contributed by atoms with van der Waals surface area (Å²) in [6.45, 7) is 0. The molecular formula is C13H17NO3S. The number of rotatable bonds is 4. The zero-order valence-corrected chi connectivity index (χ0v) is 10.9. The molecule has 1 aromatic carbocycles. The second kappa shape index (κ2) is 4.33. The molecule has 0 saturated heterocycles. The normalized spacial score (nSPS) is 27.2. The standard InChI is InChI=1S/C13H17NO3S/c15-12-7-10-3-1-2-4-11(10)13(12)14-18(16,17)8-9-5-6-9/h1-4,9,12-15H,5-8H2/t12-,13+/m0/s1. The van der Waals surface area contributed by atoms with Gasteiger partial charge >= 0.3 is 0 Å². The van der Waals surface area contributed by atoms with Gasteiger partial charge in [0.25, 0.3) is 0 Å². The van der Waals surface area contributed by atoms with Gasteiger partial charge in [0.05, 0.1) is 17.9 Å². The molecule has 0 amide bonds. The second-order valence-electron chi connectivity index (χ2n) is 5.29. The Morgan fingerprint density at radius 2 is 2.00 bits per heavy atom. The molecule has 2 N–H and O–H groups in total. The Kier molecular flexibility index (Phi) is 2.92. The first-order valence-corrected chi connectivity index (χ1v) is 7.96. The van der Waals surface area contributed by atoms with Gasteiger partial charge in [-0.3, -0.25) is 0 Å². The molecule has 5 heteroatoms. The van der Waals surface area contributed by atoms with Crippen LogP contribution in [0.25, 0.3) is 0 Å². The van der Waals surface area contributed by atoms with Crippen LogP contribution in [0.5, 0.6) is 0 Å². The van der Waals surface area contributed by atoms with E-state index in [0.717, 1.165) is 24.0 Å². The van der Waals surface area contributed by atoms with Crippen LogP contribution in [0.4, 0.5) is 0 Å². The molecule has 1 saturated carbocycles. The molecule has 0 heterocycles. The minimum atomic E-state index is -3.29. The molecule has 0 aliphatic heterocycles. The van der Waals surface area contributed by atoms with Crippen molar-refractivity contribution in [2.45, 2.75) is 31.4 Å². The molecule has 2 atom stereocenters. The monoisotopic (exact) mass is 267 g/mol. The van der Waals surface area contributed by atoms with Crippen LogP contribution in [0.1, 0.15) is 30.0 Å². The summed E-state index contributed by atoms with van der Waals surface area (Å²) in [5.74, 6) is 0.509. The van der Waals surface area contributed by atoms with E-state index in [2.05, 4.69) is 4.72 Å². The first kappa shape index (κ1) is 12.1. The van der Waals surface area contributed by atoms with Crippen LogP contribution in [0.3, 0.4) is 0 Å². The average Bonchev–Trinajstić information content (AvgIpc) is 3.04. The van der Waals surface area contributed by atoms with Crippen molar-refractivity contribution in [1.29, 1.82) is 0 Å². The van der Waals surface area contributed by atoms with Gasteiger partial charge in [-0.05, 0) is 29.9 Å². The van der Waals surface area contributed by atoms with E-state index in [1.54, 1.807) is 0 Å². The molecular weight excluding hydrogens is 250 g/mol. The highest BCUT2D eigenvalue weighted by Gasteiger charge is 2.35. The quantitative estimate of drug-likeness (QED) is 0.854. The fourth-order valence-corrected chi connectivity index (χ4v) is 4.27. The zero-order valence-electron chi connectivity index (χ0n) is 10.0. The molecule has 0 bridgehead atoms. The predicted molar refractivity (Wildman–Crippen MR) is 68.5 cm³/mol. The predicted octanol–water partition coefficient (Wildman–Crippen LogP) is 0.974. The summed E-state index contributed by atoms with van der Waals surface area (Å²) in [7, 11) is -3.29. The number of fused-ring (bicyclic) bond motifs is 1. The molecule has 0 radical (unpaired) electrons. The lowest BCUT2D eigenvalue weighted by atomic mass is 10.1. The lowest BCUT2D eigenvalue weighted by Gasteiger charge is -2.17. The smallest absolute Gasteiger partial charge is 0.212 e. The Balaban J connectivity index is 1.80. The molecule has 3 rings (SSSR count). The van der Waals surface area contributed by atoms with E-state index in [4.69, 9.17) is 0 Å². The summed E-state index contributed by atoms with van der Waals surface area (Å²) in [5, 5.41) is 10.00. The van der Waals surface area contributed by atoms with Crippen LogP contribution in [-0.4, -0.2) is 25.4 Å². The number of sulfonamides is 1. The maximum absolute atomic E-state index is 12.0. The van der Waals surface area contributed by atoms with Gasteiger partial charge in [-0.2, -0.15) is 0 Å². The van der Waals surface area contributed by atoms with E-state index in [1.807, 2.05) is 24.3 Å². The fraction of sp³-hybridized carbons (Fsp3) is 0.538. The number of hydrogen-bond donors (Lipinski definition) is 2. The van der Waals surface area contributed by atoms with Gasteiger partial charge in [-0.25, -0.2) is 13.1 Å². The highest BCUT2D eigenvalue weighted by atomic mass is 32.2. The van der Waals surface area contributed by atoms with Crippen LogP contribution < -0.4 is 4.72 Å². The van der Waals surface area contributed by atoms with Crippen LogP contribution >= 0.6 is 0 Å². The molecule has 98 valence electrons. The minimum absolute atomic E-state index is 0.193. The Morgan fingerprint density at radius 1 is 1.28 bits per heavy atom. The molecule has 1 fully saturated rings. The Bertz CT molecular complexity index is 551. The third-order valence-corrected chi connectivity index (χ3v) is 5.19. The minimum Gasteiger partial charge on any atom is -0.391 e.